The van der Waals surface area contributed by atoms with Crippen LogP contribution in [-0.4, -0.2) is 63.7 Å². The van der Waals surface area contributed by atoms with Crippen molar-refractivity contribution in [1.82, 2.24) is 4.98 Å². The molecule has 1 spiro atoms. The molecule has 0 amide bonds. The number of carboxylic acid groups (broad SMARTS) is 2. The summed E-state index contributed by atoms with van der Waals surface area (Å²) >= 11 is 1.34. The van der Waals surface area contributed by atoms with Crippen molar-refractivity contribution in [3.63, 3.8) is 0 Å². The average molecular weight is 406 g/mol. The number of carbonyl (C=O) groups is 2. The van der Waals surface area contributed by atoms with Crippen LogP contribution in [0, 0.1) is 18.3 Å². The topological polar surface area (TPSA) is 131 Å². The number of benzene rings is 1. The number of aliphatic hydroxyl groups excluding tert-OH is 2. The molecule has 4 atom stereocenters. The number of aryl methyl sites for hydroxylation is 1. The molecule has 2 aromatic rings. The molecule has 2 aliphatic rings. The molecule has 1 aliphatic heterocycles. The Morgan fingerprint density at radius 3 is 2.57 bits per heavy atom. The van der Waals surface area contributed by atoms with E-state index in [0.717, 1.165) is 5.56 Å². The molecule has 1 aromatic carbocycles. The molecule has 0 radical (unpaired) electrons. The Labute approximate surface area is 165 Å². The maximum atomic E-state index is 11.2. The largest absolute Gasteiger partial charge is 0.483 e. The summed E-state index contributed by atoms with van der Waals surface area (Å²) in [6.45, 7) is 2.51. The van der Waals surface area contributed by atoms with Crippen molar-refractivity contribution < 1.29 is 30.0 Å². The normalized spacial score (nSPS) is 28.0. The summed E-state index contributed by atoms with van der Waals surface area (Å²) in [5, 5.41) is 37.3. The van der Waals surface area contributed by atoms with Gasteiger partial charge in [0.15, 0.2) is 10.8 Å². The van der Waals surface area contributed by atoms with Gasteiger partial charge in [-0.3, -0.25) is 4.79 Å². The number of carboxylic acids is 1. The monoisotopic (exact) mass is 406 g/mol. The lowest BCUT2D eigenvalue weighted by Gasteiger charge is -2.15. The minimum Gasteiger partial charge on any atom is -0.483 e. The Bertz CT molecular complexity index is 857. The highest BCUT2D eigenvalue weighted by molar-refractivity contribution is 7.15. The smallest absolute Gasteiger partial charge is 0.355 e. The summed E-state index contributed by atoms with van der Waals surface area (Å²) < 4.78 is 0. The zero-order valence-corrected chi connectivity index (χ0v) is 16.0. The number of hydrogen-bond acceptors (Lipinski definition) is 7. The van der Waals surface area contributed by atoms with Crippen LogP contribution < -0.4 is 4.90 Å². The van der Waals surface area contributed by atoms with Crippen LogP contribution in [0.5, 0.6) is 0 Å². The number of thiazole rings is 1. The van der Waals surface area contributed by atoms with Gasteiger partial charge in [0.1, 0.15) is 0 Å². The van der Waals surface area contributed by atoms with E-state index in [2.05, 4.69) is 4.98 Å². The van der Waals surface area contributed by atoms with E-state index in [4.69, 9.17) is 9.90 Å². The summed E-state index contributed by atoms with van der Waals surface area (Å²) in [7, 11) is 0. The number of aromatic carboxylic acids is 1. The van der Waals surface area contributed by atoms with E-state index in [1.54, 1.807) is 6.92 Å². The van der Waals surface area contributed by atoms with Gasteiger partial charge in [0.25, 0.3) is 6.47 Å². The van der Waals surface area contributed by atoms with Crippen molar-refractivity contribution in [1.29, 1.82) is 0 Å². The molecule has 9 heteroatoms. The predicted octanol–water partition coefficient (Wildman–Crippen LogP) is 1.42. The number of rotatable bonds is 4. The van der Waals surface area contributed by atoms with Gasteiger partial charge in [-0.1, -0.05) is 30.3 Å². The van der Waals surface area contributed by atoms with Crippen molar-refractivity contribution in [2.75, 3.05) is 24.6 Å². The van der Waals surface area contributed by atoms with Crippen LogP contribution in [0.1, 0.15) is 26.8 Å². The van der Waals surface area contributed by atoms with Gasteiger partial charge in [-0.25, -0.2) is 9.78 Å². The molecule has 0 unspecified atom stereocenters. The molecule has 4 rings (SSSR count). The fraction of sp³-hybridized carbons (Fsp3) is 0.421. The third kappa shape index (κ3) is 3.25. The van der Waals surface area contributed by atoms with Gasteiger partial charge in [0, 0.05) is 30.0 Å². The highest BCUT2D eigenvalue weighted by Gasteiger charge is 2.71. The lowest BCUT2D eigenvalue weighted by atomic mass is 9.95. The molecule has 4 N–H and O–H groups in total. The first-order valence-electron chi connectivity index (χ1n) is 8.78. The van der Waals surface area contributed by atoms with Crippen LogP contribution in [0.4, 0.5) is 5.13 Å². The lowest BCUT2D eigenvalue weighted by molar-refractivity contribution is -0.122. The average Bonchev–Trinajstić information content (AvgIpc) is 2.93. The maximum Gasteiger partial charge on any atom is 0.355 e. The first kappa shape index (κ1) is 20.2. The number of hydrogen-bond donors (Lipinski definition) is 4. The van der Waals surface area contributed by atoms with E-state index in [0.29, 0.717) is 23.1 Å². The SMILES string of the molecule is Cc1sc(N2C[C@@H](O)[C@@]3(C2)[C@H](CO)[C@H]3c2ccccc2)nc1C(=O)O.O=CO. The molecule has 1 aliphatic carbocycles. The number of aliphatic hydroxyl groups is 2. The fourth-order valence-corrected chi connectivity index (χ4v) is 5.34. The highest BCUT2D eigenvalue weighted by Crippen LogP contribution is 2.69. The number of anilines is 1. The summed E-state index contributed by atoms with van der Waals surface area (Å²) in [6.07, 6.45) is -0.577. The summed E-state index contributed by atoms with van der Waals surface area (Å²) in [5.74, 6) is -0.912. The number of aromatic nitrogens is 1. The van der Waals surface area contributed by atoms with Gasteiger partial charge in [-0.15, -0.1) is 11.3 Å². The summed E-state index contributed by atoms with van der Waals surface area (Å²) in [4.78, 5) is 26.5. The van der Waals surface area contributed by atoms with Crippen LogP contribution in [-0.2, 0) is 4.79 Å². The minimum absolute atomic E-state index is 0.00917. The fourth-order valence-electron chi connectivity index (χ4n) is 4.43. The Morgan fingerprint density at radius 1 is 1.39 bits per heavy atom. The second-order valence-electron chi connectivity index (χ2n) is 7.00. The predicted molar refractivity (Wildman–Crippen MR) is 103 cm³/mol. The van der Waals surface area contributed by atoms with Gasteiger partial charge < -0.3 is 25.3 Å². The van der Waals surface area contributed by atoms with Crippen LogP contribution in [0.25, 0.3) is 0 Å². The van der Waals surface area contributed by atoms with Crippen molar-refractivity contribution >= 4 is 28.9 Å². The van der Waals surface area contributed by atoms with Crippen molar-refractivity contribution in [3.8, 4) is 0 Å². The van der Waals surface area contributed by atoms with Gasteiger partial charge in [0.2, 0.25) is 0 Å². The number of nitrogens with zero attached hydrogens (tertiary/aromatic N) is 2. The van der Waals surface area contributed by atoms with Crippen LogP contribution in [0.2, 0.25) is 0 Å². The zero-order valence-electron chi connectivity index (χ0n) is 15.2. The van der Waals surface area contributed by atoms with Crippen molar-refractivity contribution in [2.24, 2.45) is 11.3 Å². The van der Waals surface area contributed by atoms with E-state index in [-0.39, 0.29) is 36.0 Å². The number of β-amino-alcohol motifs (C(OH)–C–C–N with tert-alkyl or cyclic N) is 1. The molecule has 1 saturated carbocycles. The van der Waals surface area contributed by atoms with E-state index in [1.165, 1.54) is 11.3 Å². The maximum absolute atomic E-state index is 11.2. The van der Waals surface area contributed by atoms with E-state index in [9.17, 15) is 20.1 Å². The molecule has 150 valence electrons. The Balaban J connectivity index is 0.000000706. The first-order chi connectivity index (χ1) is 13.4. The molecule has 0 bridgehead atoms. The van der Waals surface area contributed by atoms with E-state index in [1.807, 2.05) is 35.2 Å². The molecule has 2 heterocycles. The van der Waals surface area contributed by atoms with E-state index >= 15 is 0 Å². The van der Waals surface area contributed by atoms with Crippen LogP contribution in [0.3, 0.4) is 0 Å². The zero-order chi connectivity index (χ0) is 20.5. The summed E-state index contributed by atoms with van der Waals surface area (Å²) in [6, 6.07) is 9.97. The second kappa shape index (κ2) is 7.86. The highest BCUT2D eigenvalue weighted by atomic mass is 32.1. The van der Waals surface area contributed by atoms with E-state index < -0.39 is 12.1 Å². The molecule has 2 fully saturated rings. The molecular weight excluding hydrogens is 384 g/mol. The summed E-state index contributed by atoms with van der Waals surface area (Å²) in [5.41, 5.74) is 0.813. The minimum atomic E-state index is -1.03. The third-order valence-corrected chi connectivity index (χ3v) is 6.69. The third-order valence-electron chi connectivity index (χ3n) is 5.65. The van der Waals surface area contributed by atoms with Gasteiger partial charge >= 0.3 is 5.97 Å². The molecule has 1 aromatic heterocycles. The van der Waals surface area contributed by atoms with Crippen LogP contribution >= 0.6 is 11.3 Å². The Kier molecular flexibility index (Phi) is 5.69. The quantitative estimate of drug-likeness (QED) is 0.561. The standard InChI is InChI=1S/C18H20N2O4S.CH2O2/c1-10-15(16(23)24)19-17(25-10)20-7-13(22)18(9-20)12(8-21)14(18)11-5-3-2-4-6-11;2-1-3/h2-6,12-14,21-22H,7-9H2,1H3,(H,23,24);1H,(H,2,3)/t12-,13-,14-,18-;/m1./s1. The Hall–Kier alpha value is -2.49. The van der Waals surface area contributed by atoms with Gasteiger partial charge in [0.05, 0.1) is 6.10 Å². The molecule has 28 heavy (non-hydrogen) atoms. The van der Waals surface area contributed by atoms with Gasteiger partial charge in [-0.2, -0.15) is 0 Å². The molecule has 8 nitrogen and oxygen atoms in total. The van der Waals surface area contributed by atoms with Crippen molar-refractivity contribution in [2.45, 2.75) is 18.9 Å². The Morgan fingerprint density at radius 2 is 2.04 bits per heavy atom. The van der Waals surface area contributed by atoms with Crippen LogP contribution in [0.15, 0.2) is 30.3 Å². The van der Waals surface area contributed by atoms with Crippen molar-refractivity contribution in [3.05, 3.63) is 46.5 Å². The van der Waals surface area contributed by atoms with Gasteiger partial charge in [-0.05, 0) is 24.3 Å². The molecule has 1 saturated heterocycles. The lowest BCUT2D eigenvalue weighted by Crippen LogP contribution is -2.23. The second-order valence-corrected chi connectivity index (χ2v) is 8.18. The molecular formula is C19H22N2O6S. The first-order valence-corrected chi connectivity index (χ1v) is 9.59.